The van der Waals surface area contributed by atoms with Crippen molar-refractivity contribution in [2.24, 2.45) is 5.92 Å². The molecule has 3 nitrogen and oxygen atoms in total. The maximum absolute atomic E-state index is 14.2. The van der Waals surface area contributed by atoms with Crippen molar-refractivity contribution in [3.8, 4) is 0 Å². The highest BCUT2D eigenvalue weighted by Gasteiger charge is 2.74. The quantitative estimate of drug-likeness (QED) is 0.204. The van der Waals surface area contributed by atoms with Crippen molar-refractivity contribution in [2.75, 3.05) is 0 Å². The lowest BCUT2D eigenvalue weighted by Gasteiger charge is -2.63. The predicted octanol–water partition coefficient (Wildman–Crippen LogP) is 8.96. The van der Waals surface area contributed by atoms with Gasteiger partial charge in [0.15, 0.2) is 0 Å². The largest absolute Gasteiger partial charge is 0.528 e. The molecule has 0 radical (unpaired) electrons. The number of hydrogen-bond acceptors (Lipinski definition) is 3. The molecule has 0 aromatic rings. The highest BCUT2D eigenvalue weighted by atomic mass is 29.9. The van der Waals surface area contributed by atoms with E-state index in [4.69, 9.17) is 4.43 Å². The zero-order valence-corrected chi connectivity index (χ0v) is 29.2. The summed E-state index contributed by atoms with van der Waals surface area (Å²) in [6, 6.07) is 11.8. The summed E-state index contributed by atoms with van der Waals surface area (Å²) < 4.78 is 7.58. The lowest BCUT2D eigenvalue weighted by Crippen LogP contribution is -2.89. The summed E-state index contributed by atoms with van der Waals surface area (Å²) in [5, 5.41) is 10.1. The van der Waals surface area contributed by atoms with E-state index in [1.165, 1.54) is 54.4 Å². The Hall–Kier alpha value is 0.298. The number of aliphatic hydroxyl groups excluding tert-OH is 1. The van der Waals surface area contributed by atoms with Gasteiger partial charge in [0.25, 0.3) is 5.97 Å². The van der Waals surface area contributed by atoms with Crippen molar-refractivity contribution in [3.05, 3.63) is 0 Å². The fraction of sp³-hybridized carbons (Fsp3) is 0.964. The van der Waals surface area contributed by atoms with Gasteiger partial charge in [-0.1, -0.05) is 130 Å². The Morgan fingerprint density at radius 2 is 0.943 bits per heavy atom. The average molecular weight is 559 g/mol. The summed E-state index contributed by atoms with van der Waals surface area (Å²) in [6.45, 7) is 20.0. The van der Waals surface area contributed by atoms with E-state index in [0.717, 1.165) is 38.5 Å². The van der Waals surface area contributed by atoms with Crippen LogP contribution in [0.25, 0.3) is 0 Å². The lowest BCUT2D eigenvalue weighted by atomic mass is 9.88. The van der Waals surface area contributed by atoms with Gasteiger partial charge in [-0.05, 0) is 31.6 Å². The summed E-state index contributed by atoms with van der Waals surface area (Å²) in [6.07, 6.45) is 6.55. The number of rotatable bonds is 15. The summed E-state index contributed by atoms with van der Waals surface area (Å²) in [5.41, 5.74) is 0. The van der Waals surface area contributed by atoms with E-state index in [0.29, 0.717) is 12.3 Å². The number of carbonyl (C=O) groups is 1. The van der Waals surface area contributed by atoms with Gasteiger partial charge < -0.3 is 9.53 Å². The molecule has 0 aromatic carbocycles. The van der Waals surface area contributed by atoms with Crippen molar-refractivity contribution in [1.82, 2.24) is 0 Å². The highest BCUT2D eigenvalue weighted by molar-refractivity contribution is 7.88. The molecule has 1 N–H and O–H groups in total. The van der Waals surface area contributed by atoms with Crippen LogP contribution in [-0.4, -0.2) is 46.8 Å². The van der Waals surface area contributed by atoms with Crippen molar-refractivity contribution in [3.63, 3.8) is 0 Å². The summed E-state index contributed by atoms with van der Waals surface area (Å²) in [4.78, 5) is 14.2. The minimum atomic E-state index is -2.29. The Morgan fingerprint density at radius 1 is 0.629 bits per heavy atom. The van der Waals surface area contributed by atoms with Crippen LogP contribution in [0.1, 0.15) is 107 Å². The van der Waals surface area contributed by atoms with E-state index in [1.807, 2.05) is 0 Å². The van der Waals surface area contributed by atoms with Crippen LogP contribution in [0.15, 0.2) is 0 Å². The maximum atomic E-state index is 14.2. The Kier molecular flexibility index (Phi) is 14.3. The minimum Gasteiger partial charge on any atom is -0.528 e. The molecule has 0 saturated heterocycles. The fourth-order valence-corrected chi connectivity index (χ4v) is 108. The third-order valence-electron chi connectivity index (χ3n) is 11.4. The molecule has 0 amide bonds. The third-order valence-corrected chi connectivity index (χ3v) is 81.1. The smallest absolute Gasteiger partial charge is 0.292 e. The first-order valence-corrected chi connectivity index (χ1v) is 28.3. The number of aliphatic hydroxyl groups is 1. The maximum Gasteiger partial charge on any atom is 0.292 e. The molecule has 0 bridgehead atoms. The Morgan fingerprint density at radius 3 is 1.23 bits per heavy atom. The molecule has 1 fully saturated rings. The average Bonchev–Trinajstić information content (AvgIpc) is 2.86. The van der Waals surface area contributed by atoms with Gasteiger partial charge in [-0.25, -0.2) is 0 Å². The first-order chi connectivity index (χ1) is 16.7. The van der Waals surface area contributed by atoms with Crippen LogP contribution in [0.5, 0.6) is 0 Å². The molecule has 1 rings (SSSR count). The molecule has 0 heterocycles. The first-order valence-electron chi connectivity index (χ1n) is 15.6. The van der Waals surface area contributed by atoms with Crippen molar-refractivity contribution < 1.29 is 14.3 Å². The molecule has 0 aromatic heterocycles. The lowest BCUT2D eigenvalue weighted by molar-refractivity contribution is -0.135. The van der Waals surface area contributed by atoms with E-state index < -0.39 is 29.6 Å². The zero-order valence-electron chi connectivity index (χ0n) is 25.2. The molecule has 1 aliphatic carbocycles. The van der Waals surface area contributed by atoms with Gasteiger partial charge in [-0.15, -0.1) is 0 Å². The molecule has 208 valence electrons. The monoisotopic (exact) mass is 558 g/mol. The second-order valence-corrected chi connectivity index (χ2v) is 47.8. The second-order valence-electron chi connectivity index (χ2n) is 11.8. The van der Waals surface area contributed by atoms with Crippen LogP contribution < -0.4 is 0 Å². The normalized spacial score (nSPS) is 20.9. The SMILES string of the molecule is CC[Si](CC)(CC)[Si](OC(=O)CC1CCCC(O)CCC1)([Si](CC)(CC)CC)[Si](CC)(CC)CC. The van der Waals surface area contributed by atoms with E-state index in [1.54, 1.807) is 0 Å². The standard InChI is InChI=1S/C28H62O3Si4/c1-10-32(11-2,12-3)35(33(13-4,14-5)15-6,34(16-7,17-8)18-9)31-28(30)25-26-21-19-23-27(29)24-20-22-26/h26-27,29H,10-25H2,1-9H3. The Balaban J connectivity index is 3.72. The van der Waals surface area contributed by atoms with Crippen LogP contribution in [-0.2, 0) is 9.22 Å². The van der Waals surface area contributed by atoms with Crippen LogP contribution in [0.4, 0.5) is 0 Å². The molecule has 7 heteroatoms. The van der Waals surface area contributed by atoms with Gasteiger partial charge in [0.05, 0.1) is 28.9 Å². The van der Waals surface area contributed by atoms with Crippen LogP contribution in [0, 0.1) is 5.92 Å². The van der Waals surface area contributed by atoms with E-state index in [2.05, 4.69) is 62.3 Å². The molecule has 1 aliphatic rings. The minimum absolute atomic E-state index is 0.135. The molecule has 1 saturated carbocycles. The summed E-state index contributed by atoms with van der Waals surface area (Å²) >= 11 is 0. The van der Waals surface area contributed by atoms with Gasteiger partial charge in [-0.2, -0.15) is 0 Å². The molecule has 0 spiro atoms. The molecular formula is C28H62O3Si4. The molecule has 0 unspecified atom stereocenters. The molecular weight excluding hydrogens is 497 g/mol. The van der Waals surface area contributed by atoms with E-state index in [-0.39, 0.29) is 12.1 Å². The Bertz CT molecular complexity index is 530. The molecule has 0 aliphatic heterocycles. The van der Waals surface area contributed by atoms with Crippen molar-refractivity contribution in [2.45, 2.75) is 168 Å². The van der Waals surface area contributed by atoms with E-state index in [9.17, 15) is 9.90 Å². The van der Waals surface area contributed by atoms with Crippen LogP contribution >= 0.6 is 0 Å². The Labute approximate surface area is 223 Å². The van der Waals surface area contributed by atoms with Gasteiger partial charge in [0.2, 0.25) is 6.87 Å². The van der Waals surface area contributed by atoms with Gasteiger partial charge >= 0.3 is 0 Å². The first kappa shape index (κ1) is 33.3. The number of hydrogen-bond donors (Lipinski definition) is 1. The predicted molar refractivity (Wildman–Crippen MR) is 165 cm³/mol. The molecule has 0 atom stereocenters. The molecule has 35 heavy (non-hydrogen) atoms. The van der Waals surface area contributed by atoms with Gasteiger partial charge in [0.1, 0.15) is 0 Å². The zero-order chi connectivity index (χ0) is 26.8. The van der Waals surface area contributed by atoms with Gasteiger partial charge in [0, 0.05) is 6.42 Å². The summed E-state index contributed by atoms with van der Waals surface area (Å²) in [7, 11) is -5.29. The van der Waals surface area contributed by atoms with Crippen molar-refractivity contribution in [1.29, 1.82) is 0 Å². The van der Waals surface area contributed by atoms with Crippen LogP contribution in [0.3, 0.4) is 0 Å². The topological polar surface area (TPSA) is 46.5 Å². The van der Waals surface area contributed by atoms with Crippen molar-refractivity contribution >= 4 is 35.6 Å². The van der Waals surface area contributed by atoms with Crippen LogP contribution in [0.2, 0.25) is 54.4 Å². The fourth-order valence-electron chi connectivity index (χ4n) is 8.73. The second kappa shape index (κ2) is 15.0. The van der Waals surface area contributed by atoms with E-state index >= 15 is 0 Å². The highest BCUT2D eigenvalue weighted by Crippen LogP contribution is 2.51. The third kappa shape index (κ3) is 6.31. The van der Waals surface area contributed by atoms with Gasteiger partial charge in [-0.3, -0.25) is 4.79 Å². The summed E-state index contributed by atoms with van der Waals surface area (Å²) in [5.74, 6) is 0.652. The number of carbonyl (C=O) groups excluding carboxylic acids is 1.